The van der Waals surface area contributed by atoms with Crippen LogP contribution in [-0.2, 0) is 4.79 Å². The number of hydrogen-bond acceptors (Lipinski definition) is 4. The molecule has 1 N–H and O–H groups in total. The van der Waals surface area contributed by atoms with Crippen LogP contribution in [0.5, 0.6) is 0 Å². The summed E-state index contributed by atoms with van der Waals surface area (Å²) < 4.78 is 14.5. The van der Waals surface area contributed by atoms with Gasteiger partial charge in [0, 0.05) is 31.1 Å². The van der Waals surface area contributed by atoms with Crippen molar-refractivity contribution in [2.45, 2.75) is 26.2 Å². The molecule has 0 bridgehead atoms. The number of carbonyl (C=O) groups excluding carboxylic acids is 1. The van der Waals surface area contributed by atoms with Gasteiger partial charge in [0.25, 0.3) is 0 Å². The highest BCUT2D eigenvalue weighted by Crippen LogP contribution is 2.36. The average molecular weight is 434 g/mol. The normalized spacial score (nSPS) is 14.6. The Morgan fingerprint density at radius 1 is 1.24 bits per heavy atom. The van der Waals surface area contributed by atoms with Crippen molar-refractivity contribution in [1.29, 1.82) is 0 Å². The molecule has 29 heavy (non-hydrogen) atoms. The molecule has 0 spiro atoms. The summed E-state index contributed by atoms with van der Waals surface area (Å²) in [5.74, 6) is 0.0357. The largest absolute Gasteiger partial charge is 0.370 e. The van der Waals surface area contributed by atoms with Gasteiger partial charge in [0.15, 0.2) is 0 Å². The van der Waals surface area contributed by atoms with Crippen LogP contribution in [0.4, 0.5) is 10.1 Å². The average Bonchev–Trinajstić information content (AvgIpc) is 3.20. The first kappa shape index (κ1) is 21.5. The van der Waals surface area contributed by atoms with Crippen molar-refractivity contribution >= 4 is 45.6 Å². The van der Waals surface area contributed by atoms with E-state index < -0.39 is 0 Å². The van der Waals surface area contributed by atoms with E-state index in [-0.39, 0.29) is 30.0 Å². The standard InChI is InChI=1S/C22H24FN3OS.ClH/c1-2-10-24-22(27)16-7-11-26(12-8-16)20-14-19(15-3-5-17(23)6-4-15)25-18-9-13-28-21(18)20;/h3-6,9,13-14,16H,2,7-8,10-12H2,1H3,(H,24,27);1H. The zero-order valence-electron chi connectivity index (χ0n) is 16.4. The number of nitrogens with one attached hydrogen (secondary N) is 1. The van der Waals surface area contributed by atoms with Crippen molar-refractivity contribution in [1.82, 2.24) is 10.3 Å². The second-order valence-corrected chi connectivity index (χ2v) is 8.14. The predicted molar refractivity (Wildman–Crippen MR) is 120 cm³/mol. The van der Waals surface area contributed by atoms with Gasteiger partial charge in [0.05, 0.1) is 21.6 Å². The molecule has 0 saturated carbocycles. The molecule has 0 atom stereocenters. The lowest BCUT2D eigenvalue weighted by molar-refractivity contribution is -0.125. The van der Waals surface area contributed by atoms with Crippen molar-refractivity contribution < 1.29 is 9.18 Å². The van der Waals surface area contributed by atoms with Gasteiger partial charge in [0.1, 0.15) is 5.82 Å². The molecule has 154 valence electrons. The third kappa shape index (κ3) is 4.70. The van der Waals surface area contributed by atoms with Crippen molar-refractivity contribution in [2.75, 3.05) is 24.5 Å². The smallest absolute Gasteiger partial charge is 0.223 e. The number of halogens is 2. The monoisotopic (exact) mass is 433 g/mol. The molecule has 1 fully saturated rings. The highest BCUT2D eigenvalue weighted by atomic mass is 35.5. The molecule has 0 unspecified atom stereocenters. The van der Waals surface area contributed by atoms with Crippen LogP contribution in [0.3, 0.4) is 0 Å². The number of anilines is 1. The minimum absolute atomic E-state index is 0. The molecule has 0 radical (unpaired) electrons. The number of rotatable bonds is 5. The Labute approximate surface area is 180 Å². The van der Waals surface area contributed by atoms with E-state index in [0.717, 1.165) is 61.4 Å². The highest BCUT2D eigenvalue weighted by molar-refractivity contribution is 7.17. The lowest BCUT2D eigenvalue weighted by Crippen LogP contribution is -2.40. The molecule has 1 aliphatic rings. The molecule has 1 aromatic carbocycles. The third-order valence-corrected chi connectivity index (χ3v) is 6.21. The van der Waals surface area contributed by atoms with Gasteiger partial charge in [-0.25, -0.2) is 9.37 Å². The molecule has 0 aliphatic carbocycles. The Morgan fingerprint density at radius 3 is 2.66 bits per heavy atom. The quantitative estimate of drug-likeness (QED) is 0.596. The van der Waals surface area contributed by atoms with E-state index in [9.17, 15) is 9.18 Å². The fourth-order valence-electron chi connectivity index (χ4n) is 3.72. The van der Waals surface area contributed by atoms with Crippen LogP contribution in [-0.4, -0.2) is 30.5 Å². The first-order valence-corrected chi connectivity index (χ1v) is 10.7. The van der Waals surface area contributed by atoms with E-state index in [1.54, 1.807) is 23.5 Å². The molecular weight excluding hydrogens is 409 g/mol. The maximum atomic E-state index is 13.3. The molecule has 3 heterocycles. The second-order valence-electron chi connectivity index (χ2n) is 7.22. The second kappa shape index (κ2) is 9.55. The van der Waals surface area contributed by atoms with Crippen molar-refractivity contribution in [3.8, 4) is 11.3 Å². The number of benzene rings is 1. The van der Waals surface area contributed by atoms with E-state index in [2.05, 4.69) is 28.6 Å². The Kier molecular flexibility index (Phi) is 7.09. The van der Waals surface area contributed by atoms with Crippen LogP contribution in [0.25, 0.3) is 21.5 Å². The molecule has 1 aliphatic heterocycles. The van der Waals surface area contributed by atoms with E-state index in [4.69, 9.17) is 4.98 Å². The molecule has 1 amide bonds. The molecule has 4 nitrogen and oxygen atoms in total. The molecule has 1 saturated heterocycles. The van der Waals surface area contributed by atoms with Crippen molar-refractivity contribution in [2.24, 2.45) is 5.92 Å². The first-order chi connectivity index (χ1) is 13.7. The Morgan fingerprint density at radius 2 is 1.97 bits per heavy atom. The van der Waals surface area contributed by atoms with Crippen LogP contribution in [0.2, 0.25) is 0 Å². The van der Waals surface area contributed by atoms with Crippen LogP contribution in [0.15, 0.2) is 41.8 Å². The van der Waals surface area contributed by atoms with Gasteiger partial charge in [0.2, 0.25) is 5.91 Å². The van der Waals surface area contributed by atoms with Gasteiger partial charge >= 0.3 is 0 Å². The Balaban J connectivity index is 0.00000240. The van der Waals surface area contributed by atoms with E-state index in [1.807, 2.05) is 6.07 Å². The lowest BCUT2D eigenvalue weighted by atomic mass is 9.95. The highest BCUT2D eigenvalue weighted by Gasteiger charge is 2.26. The van der Waals surface area contributed by atoms with Gasteiger partial charge in [-0.3, -0.25) is 4.79 Å². The minimum atomic E-state index is -0.246. The fourth-order valence-corrected chi connectivity index (χ4v) is 4.59. The number of nitrogens with zero attached hydrogens (tertiary/aromatic N) is 2. The van der Waals surface area contributed by atoms with E-state index in [0.29, 0.717) is 0 Å². The number of amides is 1. The van der Waals surface area contributed by atoms with Gasteiger partial charge < -0.3 is 10.2 Å². The fraction of sp³-hybridized carbons (Fsp3) is 0.364. The number of aromatic nitrogens is 1. The first-order valence-electron chi connectivity index (χ1n) is 9.82. The van der Waals surface area contributed by atoms with Gasteiger partial charge in [-0.05, 0) is 61.0 Å². The number of pyridine rings is 1. The molecule has 2 aromatic heterocycles. The third-order valence-electron chi connectivity index (χ3n) is 5.29. The minimum Gasteiger partial charge on any atom is -0.370 e. The van der Waals surface area contributed by atoms with Crippen LogP contribution in [0.1, 0.15) is 26.2 Å². The predicted octanol–water partition coefficient (Wildman–Crippen LogP) is 5.27. The molecule has 3 aromatic rings. The molecule has 4 rings (SSSR count). The number of thiophene rings is 1. The molecular formula is C22H25ClFN3OS. The lowest BCUT2D eigenvalue weighted by Gasteiger charge is -2.33. The number of fused-ring (bicyclic) bond motifs is 1. The van der Waals surface area contributed by atoms with E-state index in [1.165, 1.54) is 16.8 Å². The zero-order valence-corrected chi connectivity index (χ0v) is 18.0. The van der Waals surface area contributed by atoms with Crippen LogP contribution in [0, 0.1) is 11.7 Å². The van der Waals surface area contributed by atoms with Crippen LogP contribution < -0.4 is 10.2 Å². The maximum Gasteiger partial charge on any atom is 0.223 e. The zero-order chi connectivity index (χ0) is 19.5. The topological polar surface area (TPSA) is 45.2 Å². The summed E-state index contributed by atoms with van der Waals surface area (Å²) in [6.07, 6.45) is 2.68. The summed E-state index contributed by atoms with van der Waals surface area (Å²) in [6, 6.07) is 10.6. The Hall–Kier alpha value is -2.18. The van der Waals surface area contributed by atoms with Gasteiger partial charge in [-0.1, -0.05) is 6.92 Å². The summed E-state index contributed by atoms with van der Waals surface area (Å²) in [4.78, 5) is 19.4. The maximum absolute atomic E-state index is 13.3. The Bertz CT molecular complexity index is 968. The van der Waals surface area contributed by atoms with Crippen molar-refractivity contribution in [3.63, 3.8) is 0 Å². The van der Waals surface area contributed by atoms with Crippen LogP contribution >= 0.6 is 23.7 Å². The SMILES string of the molecule is CCCNC(=O)C1CCN(c2cc(-c3ccc(F)cc3)nc3ccsc23)CC1.Cl. The summed E-state index contributed by atoms with van der Waals surface area (Å²) in [7, 11) is 0. The summed E-state index contributed by atoms with van der Waals surface area (Å²) in [5.41, 5.74) is 3.88. The van der Waals surface area contributed by atoms with Gasteiger partial charge in [-0.2, -0.15) is 0 Å². The summed E-state index contributed by atoms with van der Waals surface area (Å²) in [5, 5.41) is 5.08. The molecule has 7 heteroatoms. The number of hydrogen-bond donors (Lipinski definition) is 1. The number of carbonyl (C=O) groups is 1. The number of piperidine rings is 1. The summed E-state index contributed by atoms with van der Waals surface area (Å²) >= 11 is 1.69. The van der Waals surface area contributed by atoms with E-state index >= 15 is 0 Å². The van der Waals surface area contributed by atoms with Gasteiger partial charge in [-0.15, -0.1) is 23.7 Å². The summed E-state index contributed by atoms with van der Waals surface area (Å²) in [6.45, 7) is 4.52. The van der Waals surface area contributed by atoms with Crippen molar-refractivity contribution in [3.05, 3.63) is 47.6 Å².